The molecule has 1 aromatic heterocycles. The van der Waals surface area contributed by atoms with E-state index in [4.69, 9.17) is 5.26 Å². The molecule has 0 aliphatic carbocycles. The lowest BCUT2D eigenvalue weighted by Gasteiger charge is -2.19. The Morgan fingerprint density at radius 1 is 1.12 bits per heavy atom. The van der Waals surface area contributed by atoms with Crippen LogP contribution in [0.1, 0.15) is 5.82 Å². The van der Waals surface area contributed by atoms with E-state index < -0.39 is 35.1 Å². The molecule has 0 aromatic carbocycles. The van der Waals surface area contributed by atoms with Crippen LogP contribution in [0.3, 0.4) is 0 Å². The molecule has 130 valence electrons. The fraction of sp³-hybridized carbons (Fsp3) is 0.714. The fourth-order valence-corrected chi connectivity index (χ4v) is 1.40. The van der Waals surface area contributed by atoms with Gasteiger partial charge < -0.3 is 0 Å². The molecular formula is C7H11N11O6. The van der Waals surface area contributed by atoms with Gasteiger partial charge in [-0.05, 0) is 5.21 Å². The zero-order valence-corrected chi connectivity index (χ0v) is 12.2. The molecule has 0 amide bonds. The molecule has 17 nitrogen and oxygen atoms in total. The first-order valence-electron chi connectivity index (χ1n) is 6.02. The average Bonchev–Trinajstić information content (AvgIpc) is 2.92. The van der Waals surface area contributed by atoms with E-state index in [9.17, 15) is 30.3 Å². The van der Waals surface area contributed by atoms with Crippen LogP contribution in [0.4, 0.5) is 0 Å². The highest BCUT2D eigenvalue weighted by atomic mass is 16.7. The molecule has 0 aliphatic heterocycles. The number of nitro groups is 3. The van der Waals surface area contributed by atoms with Crippen LogP contribution >= 0.6 is 0 Å². The second kappa shape index (κ2) is 7.97. The highest BCUT2D eigenvalue weighted by Gasteiger charge is 2.29. The van der Waals surface area contributed by atoms with Crippen LogP contribution in [-0.2, 0) is 13.1 Å². The molecule has 17 heteroatoms. The van der Waals surface area contributed by atoms with Crippen LogP contribution in [0, 0.1) is 41.7 Å². The van der Waals surface area contributed by atoms with E-state index in [2.05, 4.69) is 15.4 Å². The molecule has 0 saturated heterocycles. The zero-order chi connectivity index (χ0) is 18.3. The third kappa shape index (κ3) is 5.17. The van der Waals surface area contributed by atoms with E-state index in [1.807, 2.05) is 0 Å². The summed E-state index contributed by atoms with van der Waals surface area (Å²) in [6.07, 6.45) is -0.160. The van der Waals surface area contributed by atoms with E-state index in [0.29, 0.717) is 10.0 Å². The minimum atomic E-state index is -1.01. The molecule has 24 heavy (non-hydrogen) atoms. The predicted molar refractivity (Wildman–Crippen MR) is 69.3 cm³/mol. The van der Waals surface area contributed by atoms with E-state index >= 15 is 0 Å². The maximum atomic E-state index is 11.0. The van der Waals surface area contributed by atoms with Crippen molar-refractivity contribution in [2.24, 2.45) is 0 Å². The Morgan fingerprint density at radius 2 is 1.75 bits per heavy atom. The van der Waals surface area contributed by atoms with Gasteiger partial charge in [0.25, 0.3) is 0 Å². The molecule has 0 spiro atoms. The number of hydrogen-bond donors (Lipinski definition) is 0. The number of hydrogen-bond acceptors (Lipinski definition) is 10. The maximum absolute atomic E-state index is 11.0. The van der Waals surface area contributed by atoms with Crippen LogP contribution in [0.25, 0.3) is 0 Å². The molecule has 0 aliphatic rings. The normalized spacial score (nSPS) is 9.83. The SMILES string of the molecule is CN(CN(CN(Cn1nnc(CC#N)n1)[N+](=O)[O-])[N+](=O)[O-])[N+](=O)[O-]. The van der Waals surface area contributed by atoms with Crippen molar-refractivity contribution in [3.8, 4) is 6.07 Å². The molecule has 0 radical (unpaired) electrons. The lowest BCUT2D eigenvalue weighted by atomic mass is 10.5. The van der Waals surface area contributed by atoms with E-state index in [-0.39, 0.29) is 17.3 Å². The number of tetrazole rings is 1. The van der Waals surface area contributed by atoms with Crippen molar-refractivity contribution in [3.05, 3.63) is 36.2 Å². The van der Waals surface area contributed by atoms with Gasteiger partial charge in [0, 0.05) is 0 Å². The fourth-order valence-electron chi connectivity index (χ4n) is 1.40. The van der Waals surface area contributed by atoms with Gasteiger partial charge in [0.2, 0.25) is 13.3 Å². The van der Waals surface area contributed by atoms with Crippen molar-refractivity contribution in [3.63, 3.8) is 0 Å². The van der Waals surface area contributed by atoms with Gasteiger partial charge in [-0.2, -0.15) is 5.26 Å². The van der Waals surface area contributed by atoms with Crippen molar-refractivity contribution in [1.29, 1.82) is 5.26 Å². The van der Waals surface area contributed by atoms with Crippen LogP contribution in [0.5, 0.6) is 0 Å². The Hall–Kier alpha value is -3.84. The summed E-state index contributed by atoms with van der Waals surface area (Å²) in [5, 5.41) is 49.7. The number of aromatic nitrogens is 4. The number of rotatable bonds is 10. The minimum Gasteiger partial charge on any atom is -0.235 e. The zero-order valence-electron chi connectivity index (χ0n) is 12.2. The summed E-state index contributed by atoms with van der Waals surface area (Å²) in [6.45, 7) is -2.29. The van der Waals surface area contributed by atoms with Crippen molar-refractivity contribution in [2.75, 3.05) is 20.4 Å². The van der Waals surface area contributed by atoms with Gasteiger partial charge in [0.1, 0.15) is 0 Å². The largest absolute Gasteiger partial charge is 0.235 e. The summed E-state index contributed by atoms with van der Waals surface area (Å²) in [7, 11) is 0.972. The molecule has 1 rings (SSSR count). The molecule has 0 fully saturated rings. The second-order valence-electron chi connectivity index (χ2n) is 4.22. The number of nitrogens with zero attached hydrogens (tertiary/aromatic N) is 11. The Labute approximate surface area is 132 Å². The van der Waals surface area contributed by atoms with Crippen molar-refractivity contribution in [2.45, 2.75) is 13.1 Å². The van der Waals surface area contributed by atoms with Crippen molar-refractivity contribution < 1.29 is 15.1 Å². The van der Waals surface area contributed by atoms with Crippen LogP contribution < -0.4 is 0 Å². The van der Waals surface area contributed by atoms with Gasteiger partial charge in [0.15, 0.2) is 27.6 Å². The lowest BCUT2D eigenvalue weighted by Crippen LogP contribution is -2.49. The van der Waals surface area contributed by atoms with Crippen molar-refractivity contribution >= 4 is 0 Å². The van der Waals surface area contributed by atoms with Gasteiger partial charge in [0.05, 0.1) is 19.5 Å². The number of nitriles is 1. The first-order valence-corrected chi connectivity index (χ1v) is 6.02. The molecule has 0 N–H and O–H groups in total. The van der Waals surface area contributed by atoms with Gasteiger partial charge in [-0.15, -0.1) is 20.0 Å². The Bertz CT molecular complexity index is 654. The standard InChI is InChI=1S/C7H11N11O6/c1-12(16(19)20)4-13(17(21)22)5-14(18(23)24)6-15-10-7(2-3-8)9-11-15/h2,4-6H2,1H3. The summed E-state index contributed by atoms with van der Waals surface area (Å²) >= 11 is 0. The third-order valence-corrected chi connectivity index (χ3v) is 2.46. The van der Waals surface area contributed by atoms with Gasteiger partial charge in [-0.25, -0.2) is 30.3 Å². The molecule has 0 saturated carbocycles. The molecular weight excluding hydrogens is 334 g/mol. The molecule has 0 bridgehead atoms. The van der Waals surface area contributed by atoms with Crippen LogP contribution in [0.2, 0.25) is 0 Å². The van der Waals surface area contributed by atoms with Gasteiger partial charge in [-0.1, -0.05) is 10.0 Å². The van der Waals surface area contributed by atoms with E-state index in [1.54, 1.807) is 6.07 Å². The van der Waals surface area contributed by atoms with Crippen LogP contribution in [0.15, 0.2) is 0 Å². The monoisotopic (exact) mass is 345 g/mol. The molecule has 0 atom stereocenters. The number of hydrazine groups is 3. The van der Waals surface area contributed by atoms with Gasteiger partial charge in [-0.3, -0.25) is 0 Å². The third-order valence-electron chi connectivity index (χ3n) is 2.46. The second-order valence-corrected chi connectivity index (χ2v) is 4.22. The topological polar surface area (TPSA) is 207 Å². The smallest absolute Gasteiger partial charge is 0.212 e. The summed E-state index contributed by atoms with van der Waals surface area (Å²) in [5.74, 6) is 0.0278. The Morgan fingerprint density at radius 3 is 2.25 bits per heavy atom. The summed E-state index contributed by atoms with van der Waals surface area (Å²) in [6, 6.07) is 1.76. The minimum absolute atomic E-state index is 0.0278. The van der Waals surface area contributed by atoms with E-state index in [0.717, 1.165) is 11.8 Å². The summed E-state index contributed by atoms with van der Waals surface area (Å²) < 4.78 is 0. The molecule has 1 aromatic rings. The van der Waals surface area contributed by atoms with E-state index in [1.165, 1.54) is 0 Å². The highest BCUT2D eigenvalue weighted by Crippen LogP contribution is 2.00. The molecule has 1 heterocycles. The van der Waals surface area contributed by atoms with Crippen LogP contribution in [-0.4, -0.2) is 70.7 Å². The first-order chi connectivity index (χ1) is 11.2. The predicted octanol–water partition coefficient (Wildman–Crippen LogP) is -2.28. The maximum Gasteiger partial charge on any atom is 0.212 e. The summed E-state index contributed by atoms with van der Waals surface area (Å²) in [5.41, 5.74) is 0. The quantitative estimate of drug-likeness (QED) is 0.249. The Kier molecular flexibility index (Phi) is 6.05. The van der Waals surface area contributed by atoms with Gasteiger partial charge >= 0.3 is 0 Å². The highest BCUT2D eigenvalue weighted by molar-refractivity contribution is 4.89. The average molecular weight is 345 g/mol. The lowest BCUT2D eigenvalue weighted by molar-refractivity contribution is -0.737. The molecule has 0 unspecified atom stereocenters. The summed E-state index contributed by atoms with van der Waals surface area (Å²) in [4.78, 5) is 33.2. The Balaban J connectivity index is 2.81. The first kappa shape index (κ1) is 18.2. The van der Waals surface area contributed by atoms with Crippen molar-refractivity contribution in [1.82, 2.24) is 35.2 Å².